The number of nitrogens with one attached hydrogen (secondary N) is 1. The third kappa shape index (κ3) is 4.03. The fourth-order valence-electron chi connectivity index (χ4n) is 0.712. The van der Waals surface area contributed by atoms with Crippen LogP contribution in [-0.2, 0) is 4.84 Å². The fourth-order valence-corrected chi connectivity index (χ4v) is 0.712. The lowest BCUT2D eigenvalue weighted by atomic mass is 10.3. The highest BCUT2D eigenvalue weighted by atomic mass is 16.9. The molecule has 7 heteroatoms. The Balaban J connectivity index is 2.85. The maximum atomic E-state index is 11.6. The van der Waals surface area contributed by atoms with Gasteiger partial charge in [-0.2, -0.15) is 0 Å². The molecular formula is C8H9N3O4. The topological polar surface area (TPSA) is 94.4 Å². The maximum absolute atomic E-state index is 11.6. The standard InChI is InChI=1S/C8H9N3O4/c12-8(7-2-1-3-9-6-7)10-4-5-15-11(13)14/h1-3,6H,4-5H2,(H,10,12)/i4D2,5D2. The molecule has 1 heterocycles. The molecule has 0 atom stereocenters. The van der Waals surface area contributed by atoms with Crippen molar-refractivity contribution in [1.29, 1.82) is 0 Å². The third-order valence-electron chi connectivity index (χ3n) is 1.27. The Morgan fingerprint density at radius 3 is 3.20 bits per heavy atom. The zero-order valence-electron chi connectivity index (χ0n) is 11.3. The van der Waals surface area contributed by atoms with Crippen LogP contribution < -0.4 is 5.32 Å². The molecule has 0 radical (unpaired) electrons. The van der Waals surface area contributed by atoms with Crippen LogP contribution in [-0.4, -0.2) is 29.0 Å². The lowest BCUT2D eigenvalue weighted by Gasteiger charge is -2.03. The molecule has 1 aromatic rings. The smallest absolute Gasteiger partial charge is 0.294 e. The quantitative estimate of drug-likeness (QED) is 0.552. The van der Waals surface area contributed by atoms with Crippen molar-refractivity contribution in [2.75, 3.05) is 13.1 Å². The van der Waals surface area contributed by atoms with Crippen LogP contribution >= 0.6 is 0 Å². The second-order valence-electron chi connectivity index (χ2n) is 2.24. The van der Waals surface area contributed by atoms with Crippen LogP contribution in [0.15, 0.2) is 24.5 Å². The van der Waals surface area contributed by atoms with Crippen molar-refractivity contribution in [1.82, 2.24) is 10.3 Å². The lowest BCUT2D eigenvalue weighted by Crippen LogP contribution is -2.27. The molecule has 0 aliphatic rings. The number of pyridine rings is 1. The molecule has 0 saturated heterocycles. The molecule has 1 N–H and O–H groups in total. The first-order chi connectivity index (χ1) is 8.66. The van der Waals surface area contributed by atoms with E-state index in [1.807, 2.05) is 0 Å². The Bertz CT molecular complexity index is 482. The summed E-state index contributed by atoms with van der Waals surface area (Å²) in [6, 6.07) is 2.75. The molecule has 0 spiro atoms. The van der Waals surface area contributed by atoms with Crippen molar-refractivity contribution in [2.45, 2.75) is 0 Å². The predicted molar refractivity (Wildman–Crippen MR) is 49.5 cm³/mol. The summed E-state index contributed by atoms with van der Waals surface area (Å²) in [5.74, 6) is -0.978. The average molecular weight is 215 g/mol. The van der Waals surface area contributed by atoms with Gasteiger partial charge in [0.05, 0.1) is 11.0 Å². The third-order valence-corrected chi connectivity index (χ3v) is 1.27. The summed E-state index contributed by atoms with van der Waals surface area (Å²) in [6.07, 6.45) is 2.52. The highest BCUT2D eigenvalue weighted by Gasteiger charge is 2.03. The van der Waals surface area contributed by atoms with Crippen LogP contribution in [0.1, 0.15) is 15.8 Å². The van der Waals surface area contributed by atoms with Gasteiger partial charge in [-0.05, 0) is 12.1 Å². The summed E-state index contributed by atoms with van der Waals surface area (Å²) < 4.78 is 28.8. The van der Waals surface area contributed by atoms with Crippen LogP contribution in [0, 0.1) is 10.1 Å². The maximum Gasteiger partial charge on any atom is 0.294 e. The van der Waals surface area contributed by atoms with Crippen LogP contribution in [0.3, 0.4) is 0 Å². The van der Waals surface area contributed by atoms with E-state index in [0.717, 1.165) is 6.20 Å². The van der Waals surface area contributed by atoms with Crippen molar-refractivity contribution >= 4 is 5.91 Å². The number of carbonyl (C=O) groups is 1. The van der Waals surface area contributed by atoms with E-state index in [2.05, 4.69) is 9.82 Å². The van der Waals surface area contributed by atoms with Crippen molar-refractivity contribution < 1.29 is 20.2 Å². The van der Waals surface area contributed by atoms with E-state index < -0.39 is 24.0 Å². The minimum atomic E-state index is -3.34. The Morgan fingerprint density at radius 1 is 1.80 bits per heavy atom. The van der Waals surface area contributed by atoms with Gasteiger partial charge in [-0.1, -0.05) is 0 Å². The van der Waals surface area contributed by atoms with Gasteiger partial charge in [0, 0.05) is 18.9 Å². The monoisotopic (exact) mass is 215 g/mol. The molecule has 7 nitrogen and oxygen atoms in total. The van der Waals surface area contributed by atoms with Gasteiger partial charge in [-0.3, -0.25) is 9.78 Å². The molecule has 0 bridgehead atoms. The zero-order chi connectivity index (χ0) is 14.7. The van der Waals surface area contributed by atoms with Crippen molar-refractivity contribution in [3.05, 3.63) is 40.2 Å². The molecule has 15 heavy (non-hydrogen) atoms. The normalized spacial score (nSPS) is 15.2. The average Bonchev–Trinajstić information content (AvgIpc) is 2.27. The van der Waals surface area contributed by atoms with E-state index in [9.17, 15) is 14.9 Å². The Labute approximate surface area is 90.8 Å². The second-order valence-corrected chi connectivity index (χ2v) is 2.24. The lowest BCUT2D eigenvalue weighted by molar-refractivity contribution is -0.757. The fraction of sp³-hybridized carbons (Fsp3) is 0.250. The molecule has 0 saturated carbocycles. The highest BCUT2D eigenvalue weighted by Crippen LogP contribution is 1.94. The van der Waals surface area contributed by atoms with Crippen LogP contribution in [0.2, 0.25) is 0 Å². The van der Waals surface area contributed by atoms with E-state index >= 15 is 0 Å². The number of hydrogen-bond acceptors (Lipinski definition) is 5. The highest BCUT2D eigenvalue weighted by molar-refractivity contribution is 5.93. The molecule has 0 aromatic carbocycles. The summed E-state index contributed by atoms with van der Waals surface area (Å²) in [5.41, 5.74) is -0.0247. The van der Waals surface area contributed by atoms with Gasteiger partial charge < -0.3 is 10.2 Å². The van der Waals surface area contributed by atoms with Gasteiger partial charge >= 0.3 is 0 Å². The minimum Gasteiger partial charge on any atom is -0.350 e. The van der Waals surface area contributed by atoms with E-state index in [-0.39, 0.29) is 5.56 Å². The van der Waals surface area contributed by atoms with Crippen molar-refractivity contribution in [3.8, 4) is 0 Å². The first kappa shape index (κ1) is 6.33. The number of aromatic nitrogens is 1. The van der Waals surface area contributed by atoms with Gasteiger partial charge in [0.15, 0.2) is 0 Å². The summed E-state index contributed by atoms with van der Waals surface area (Å²) in [5, 5.41) is 10.3. The van der Waals surface area contributed by atoms with Gasteiger partial charge in [0.25, 0.3) is 11.0 Å². The summed E-state index contributed by atoms with van der Waals surface area (Å²) >= 11 is 0. The van der Waals surface area contributed by atoms with Crippen molar-refractivity contribution in [2.24, 2.45) is 0 Å². The van der Waals surface area contributed by atoms with E-state index in [1.165, 1.54) is 18.3 Å². The molecule has 1 rings (SSSR count). The molecule has 1 aromatic heterocycles. The van der Waals surface area contributed by atoms with Gasteiger partial charge in [-0.15, -0.1) is 10.1 Å². The summed E-state index contributed by atoms with van der Waals surface area (Å²) in [4.78, 5) is 28.9. The SMILES string of the molecule is [2H]C([2H])(NC(=O)c1cccnc1)C([2H])([2H])O[N+](=O)[O-]. The molecule has 0 aliphatic carbocycles. The Hall–Kier alpha value is -2.18. The van der Waals surface area contributed by atoms with Gasteiger partial charge in [0.2, 0.25) is 0 Å². The molecule has 0 aliphatic heterocycles. The second kappa shape index (κ2) is 5.53. The number of hydrogen-bond donors (Lipinski definition) is 1. The first-order valence-corrected chi connectivity index (χ1v) is 3.72. The number of carbonyl (C=O) groups excluding carboxylic acids is 1. The van der Waals surface area contributed by atoms with Crippen LogP contribution in [0.5, 0.6) is 0 Å². The molecule has 0 fully saturated rings. The van der Waals surface area contributed by atoms with Gasteiger partial charge in [0.1, 0.15) is 6.56 Å². The first-order valence-electron chi connectivity index (χ1n) is 5.72. The van der Waals surface area contributed by atoms with Crippen LogP contribution in [0.4, 0.5) is 0 Å². The van der Waals surface area contributed by atoms with Crippen molar-refractivity contribution in [3.63, 3.8) is 0 Å². The number of amides is 1. The van der Waals surface area contributed by atoms with E-state index in [4.69, 9.17) is 5.48 Å². The van der Waals surface area contributed by atoms with Gasteiger partial charge in [-0.25, -0.2) is 0 Å². The zero-order valence-corrected chi connectivity index (χ0v) is 7.34. The molecule has 1 amide bonds. The molecule has 0 unspecified atom stereocenters. The Morgan fingerprint density at radius 2 is 2.60 bits per heavy atom. The van der Waals surface area contributed by atoms with Crippen LogP contribution in [0.25, 0.3) is 0 Å². The van der Waals surface area contributed by atoms with E-state index in [0.29, 0.717) is 0 Å². The Kier molecular flexibility index (Phi) is 2.33. The summed E-state index contributed by atoms with van der Waals surface area (Å²) in [6.45, 7) is -6.44. The largest absolute Gasteiger partial charge is 0.350 e. The number of rotatable bonds is 5. The number of nitrogens with zero attached hydrogens (tertiary/aromatic N) is 2. The summed E-state index contributed by atoms with van der Waals surface area (Å²) in [7, 11) is 0. The van der Waals surface area contributed by atoms with E-state index in [1.54, 1.807) is 5.32 Å². The molecule has 80 valence electrons. The molecular weight excluding hydrogens is 202 g/mol. The predicted octanol–water partition coefficient (Wildman–Crippen LogP) is 0.0197. The minimum absolute atomic E-state index is 0.0247.